The highest BCUT2D eigenvalue weighted by atomic mass is 35.5. The maximum atomic E-state index is 12.5. The van der Waals surface area contributed by atoms with Crippen LogP contribution in [0.5, 0.6) is 0 Å². The highest BCUT2D eigenvalue weighted by Crippen LogP contribution is 2.40. The summed E-state index contributed by atoms with van der Waals surface area (Å²) < 4.78 is 29.6. The van der Waals surface area contributed by atoms with Crippen LogP contribution in [0.2, 0.25) is 5.02 Å². The number of hydrogen-bond acceptors (Lipinski definition) is 6. The fraction of sp³-hybridized carbons (Fsp3) is 0.0588. The van der Waals surface area contributed by atoms with E-state index in [1.807, 2.05) is 0 Å². The molecule has 0 unspecified atom stereocenters. The van der Waals surface area contributed by atoms with Crippen molar-refractivity contribution >= 4 is 38.8 Å². The molecule has 1 aliphatic rings. The summed E-state index contributed by atoms with van der Waals surface area (Å²) in [4.78, 5) is 12.7. The van der Waals surface area contributed by atoms with Crippen molar-refractivity contribution in [2.75, 3.05) is 12.0 Å². The fourth-order valence-electron chi connectivity index (χ4n) is 2.46. The van der Waals surface area contributed by atoms with Crippen LogP contribution >= 0.6 is 11.6 Å². The second-order valence-electron chi connectivity index (χ2n) is 5.13. The Balaban J connectivity index is 2.17. The summed E-state index contributed by atoms with van der Waals surface area (Å²) in [6, 6.07) is 12.4. The third-order valence-electron chi connectivity index (χ3n) is 3.68. The van der Waals surface area contributed by atoms with Crippen molar-refractivity contribution in [3.05, 3.63) is 64.2 Å². The Bertz CT molecular complexity index is 1040. The number of carbonyl (C=O) groups excluding carboxylic acids is 1. The molecule has 0 radical (unpaired) electrons. The maximum absolute atomic E-state index is 12.5. The van der Waals surface area contributed by atoms with Crippen LogP contribution in [0, 0.1) is 11.3 Å². The molecule has 2 aromatic carbocycles. The van der Waals surface area contributed by atoms with Gasteiger partial charge in [0.15, 0.2) is 4.91 Å². The first-order valence-electron chi connectivity index (χ1n) is 7.02. The average Bonchev–Trinajstić information content (AvgIpc) is 2.61. The van der Waals surface area contributed by atoms with Gasteiger partial charge in [0.25, 0.3) is 0 Å². The molecule has 0 aromatic heterocycles. The lowest BCUT2D eigenvalue weighted by atomic mass is 10.2. The van der Waals surface area contributed by atoms with Gasteiger partial charge < -0.3 is 9.64 Å². The molecule has 8 heteroatoms. The van der Waals surface area contributed by atoms with Gasteiger partial charge in [-0.1, -0.05) is 11.6 Å². The number of anilines is 2. The lowest BCUT2D eigenvalue weighted by Gasteiger charge is -2.27. The first-order valence-corrected chi connectivity index (χ1v) is 8.89. The molecule has 0 saturated heterocycles. The van der Waals surface area contributed by atoms with Crippen molar-refractivity contribution in [3.8, 4) is 6.07 Å². The number of sulfone groups is 1. The van der Waals surface area contributed by atoms with Gasteiger partial charge in [0, 0.05) is 16.9 Å². The molecule has 126 valence electrons. The van der Waals surface area contributed by atoms with Crippen molar-refractivity contribution in [1.82, 2.24) is 0 Å². The van der Waals surface area contributed by atoms with Crippen LogP contribution in [0.1, 0.15) is 10.4 Å². The van der Waals surface area contributed by atoms with Gasteiger partial charge in [-0.05, 0) is 42.5 Å². The molecule has 0 fully saturated rings. The van der Waals surface area contributed by atoms with E-state index in [-0.39, 0.29) is 9.80 Å². The number of hydrogen-bond donors (Lipinski definition) is 0. The van der Waals surface area contributed by atoms with E-state index in [0.29, 0.717) is 22.0 Å². The van der Waals surface area contributed by atoms with Crippen molar-refractivity contribution in [3.63, 3.8) is 0 Å². The number of esters is 1. The number of fused-ring (bicyclic) bond motifs is 1. The van der Waals surface area contributed by atoms with Crippen molar-refractivity contribution in [2.45, 2.75) is 4.90 Å². The summed E-state index contributed by atoms with van der Waals surface area (Å²) in [5.41, 5.74) is 1.25. The standard InChI is InChI=1S/C17H11ClN2O4S/c1-24-17(21)11-2-5-13(6-3-11)20-10-14(9-19)25(22,23)16-7-4-12(18)8-15(16)20/h2-8,10H,1H3. The van der Waals surface area contributed by atoms with Gasteiger partial charge >= 0.3 is 5.97 Å². The van der Waals surface area contributed by atoms with Crippen LogP contribution in [-0.4, -0.2) is 21.5 Å². The monoisotopic (exact) mass is 374 g/mol. The molecule has 1 aliphatic heterocycles. The van der Waals surface area contributed by atoms with E-state index < -0.39 is 15.8 Å². The zero-order valence-electron chi connectivity index (χ0n) is 12.9. The van der Waals surface area contributed by atoms with Gasteiger partial charge in [0.05, 0.1) is 23.3 Å². The van der Waals surface area contributed by atoms with Gasteiger partial charge in [-0.2, -0.15) is 5.26 Å². The third-order valence-corrected chi connectivity index (χ3v) is 5.62. The summed E-state index contributed by atoms with van der Waals surface area (Å²) >= 11 is 6.01. The molecule has 25 heavy (non-hydrogen) atoms. The van der Waals surface area contributed by atoms with E-state index >= 15 is 0 Å². The number of halogens is 1. The Morgan fingerprint density at radius 1 is 1.20 bits per heavy atom. The van der Waals surface area contributed by atoms with Gasteiger partial charge in [-0.3, -0.25) is 0 Å². The highest BCUT2D eigenvalue weighted by Gasteiger charge is 2.32. The number of allylic oxidation sites excluding steroid dienone is 1. The third kappa shape index (κ3) is 2.86. The van der Waals surface area contributed by atoms with Crippen molar-refractivity contribution in [2.24, 2.45) is 0 Å². The molecular formula is C17H11ClN2O4S. The highest BCUT2D eigenvalue weighted by molar-refractivity contribution is 7.95. The van der Waals surface area contributed by atoms with Crippen LogP contribution in [-0.2, 0) is 14.6 Å². The summed E-state index contributed by atoms with van der Waals surface area (Å²) in [5, 5.41) is 9.57. The second kappa shape index (κ2) is 6.24. The Kier molecular flexibility index (Phi) is 4.25. The van der Waals surface area contributed by atoms with Crippen LogP contribution in [0.4, 0.5) is 11.4 Å². The normalized spacial score (nSPS) is 14.9. The molecule has 0 atom stereocenters. The lowest BCUT2D eigenvalue weighted by molar-refractivity contribution is 0.0600. The minimum Gasteiger partial charge on any atom is -0.465 e. The maximum Gasteiger partial charge on any atom is 0.337 e. The minimum atomic E-state index is -3.89. The molecule has 1 heterocycles. The van der Waals surface area contributed by atoms with E-state index in [1.165, 1.54) is 31.5 Å². The Hall–Kier alpha value is -2.82. The molecule has 0 amide bonds. The number of ether oxygens (including phenoxy) is 1. The molecule has 3 rings (SSSR count). The van der Waals surface area contributed by atoms with Crippen LogP contribution in [0.3, 0.4) is 0 Å². The summed E-state index contributed by atoms with van der Waals surface area (Å²) in [5.74, 6) is -0.482. The van der Waals surface area contributed by atoms with Gasteiger partial charge in [-0.25, -0.2) is 13.2 Å². The smallest absolute Gasteiger partial charge is 0.337 e. The van der Waals surface area contributed by atoms with E-state index in [4.69, 9.17) is 11.6 Å². The van der Waals surface area contributed by atoms with Gasteiger partial charge in [0.1, 0.15) is 6.07 Å². The van der Waals surface area contributed by atoms with Gasteiger partial charge in [0.2, 0.25) is 9.84 Å². The first-order chi connectivity index (χ1) is 11.9. The minimum absolute atomic E-state index is 0.00649. The molecular weight excluding hydrogens is 364 g/mol. The molecule has 6 nitrogen and oxygen atoms in total. The number of benzene rings is 2. The zero-order valence-corrected chi connectivity index (χ0v) is 14.5. The number of methoxy groups -OCH3 is 1. The van der Waals surface area contributed by atoms with E-state index in [2.05, 4.69) is 4.74 Å². The second-order valence-corrected chi connectivity index (χ2v) is 7.45. The van der Waals surface area contributed by atoms with Crippen molar-refractivity contribution < 1.29 is 17.9 Å². The zero-order chi connectivity index (χ0) is 18.2. The van der Waals surface area contributed by atoms with E-state index in [1.54, 1.807) is 35.2 Å². The Morgan fingerprint density at radius 3 is 2.48 bits per heavy atom. The average molecular weight is 375 g/mol. The number of carbonyl (C=O) groups is 1. The fourth-order valence-corrected chi connectivity index (χ4v) is 3.91. The van der Waals surface area contributed by atoms with Gasteiger partial charge in [-0.15, -0.1) is 0 Å². The molecule has 0 aliphatic carbocycles. The molecule has 0 spiro atoms. The van der Waals surface area contributed by atoms with Crippen LogP contribution in [0.15, 0.2) is 58.5 Å². The van der Waals surface area contributed by atoms with E-state index in [9.17, 15) is 18.5 Å². The number of rotatable bonds is 2. The number of nitrogens with zero attached hydrogens (tertiary/aromatic N) is 2. The van der Waals surface area contributed by atoms with Crippen molar-refractivity contribution in [1.29, 1.82) is 5.26 Å². The molecule has 0 saturated carbocycles. The number of nitriles is 1. The summed E-state index contributed by atoms with van der Waals surface area (Å²) in [6.07, 6.45) is 1.24. The summed E-state index contributed by atoms with van der Waals surface area (Å²) in [7, 11) is -2.61. The van der Waals surface area contributed by atoms with Crippen LogP contribution in [0.25, 0.3) is 0 Å². The molecule has 0 N–H and O–H groups in total. The summed E-state index contributed by atoms with van der Waals surface area (Å²) in [6.45, 7) is 0. The SMILES string of the molecule is COC(=O)c1ccc(N2C=C(C#N)S(=O)(=O)c3ccc(Cl)cc32)cc1. The Morgan fingerprint density at radius 2 is 1.88 bits per heavy atom. The predicted octanol–water partition coefficient (Wildman–Crippen LogP) is 3.42. The predicted molar refractivity (Wildman–Crippen MR) is 92.3 cm³/mol. The molecule has 2 aromatic rings. The topological polar surface area (TPSA) is 87.5 Å². The van der Waals surface area contributed by atoms with Crippen LogP contribution < -0.4 is 4.90 Å². The first kappa shape index (κ1) is 17.0. The molecule has 0 bridgehead atoms. The van der Waals surface area contributed by atoms with E-state index in [0.717, 1.165) is 0 Å². The largest absolute Gasteiger partial charge is 0.465 e. The lowest BCUT2D eigenvalue weighted by Crippen LogP contribution is -2.21. The Labute approximate surface area is 149 Å². The quantitative estimate of drug-likeness (QED) is 0.748.